The number of hydrogen-bond acceptors (Lipinski definition) is 3. The van der Waals surface area contributed by atoms with Crippen LogP contribution in [-0.2, 0) is 10.9 Å². The fraction of sp³-hybridized carbons (Fsp3) is 0.538. The van der Waals surface area contributed by atoms with Crippen molar-refractivity contribution in [3.63, 3.8) is 0 Å². The van der Waals surface area contributed by atoms with Gasteiger partial charge in [0.1, 0.15) is 18.5 Å². The Morgan fingerprint density at radius 1 is 1.21 bits per heavy atom. The van der Waals surface area contributed by atoms with Gasteiger partial charge in [0, 0.05) is 0 Å². The zero-order valence-corrected chi connectivity index (χ0v) is 10.8. The van der Waals surface area contributed by atoms with Gasteiger partial charge < -0.3 is 14.6 Å². The van der Waals surface area contributed by atoms with E-state index in [1.165, 1.54) is 12.1 Å². The zero-order chi connectivity index (χ0) is 14.5. The largest absolute Gasteiger partial charge is 0.491 e. The van der Waals surface area contributed by atoms with Crippen LogP contribution in [0.5, 0.6) is 5.75 Å². The quantitative estimate of drug-likeness (QED) is 0.869. The smallest absolute Gasteiger partial charge is 0.416 e. The number of benzene rings is 1. The van der Waals surface area contributed by atoms with Crippen molar-refractivity contribution < 1.29 is 27.8 Å². The van der Waals surface area contributed by atoms with E-state index in [1.807, 2.05) is 13.8 Å². The molecule has 0 amide bonds. The minimum Gasteiger partial charge on any atom is -0.491 e. The first kappa shape index (κ1) is 15.8. The van der Waals surface area contributed by atoms with E-state index in [2.05, 4.69) is 0 Å². The SMILES string of the molecule is CC(C)OC[C@@H](O)COc1cccc(C(F)(F)F)c1. The molecule has 1 atom stereocenters. The molecule has 0 aromatic heterocycles. The lowest BCUT2D eigenvalue weighted by Crippen LogP contribution is -2.25. The summed E-state index contributed by atoms with van der Waals surface area (Å²) in [6.07, 6.45) is -5.31. The molecule has 0 aliphatic carbocycles. The Morgan fingerprint density at radius 3 is 2.47 bits per heavy atom. The molecule has 0 heterocycles. The first-order valence-corrected chi connectivity index (χ1v) is 5.88. The summed E-state index contributed by atoms with van der Waals surface area (Å²) in [5.41, 5.74) is -0.780. The van der Waals surface area contributed by atoms with E-state index in [1.54, 1.807) is 0 Å². The van der Waals surface area contributed by atoms with Crippen molar-refractivity contribution in [1.29, 1.82) is 0 Å². The first-order valence-electron chi connectivity index (χ1n) is 5.88. The van der Waals surface area contributed by atoms with Crippen LogP contribution in [0.1, 0.15) is 19.4 Å². The second-order valence-corrected chi connectivity index (χ2v) is 4.37. The molecule has 108 valence electrons. The molecule has 0 radical (unpaired) electrons. The summed E-state index contributed by atoms with van der Waals surface area (Å²) in [6, 6.07) is 4.53. The van der Waals surface area contributed by atoms with Gasteiger partial charge in [0.2, 0.25) is 0 Å². The van der Waals surface area contributed by atoms with Crippen LogP contribution >= 0.6 is 0 Å². The average Bonchev–Trinajstić information content (AvgIpc) is 2.33. The maximum absolute atomic E-state index is 12.5. The molecule has 0 aliphatic heterocycles. The topological polar surface area (TPSA) is 38.7 Å². The highest BCUT2D eigenvalue weighted by molar-refractivity contribution is 5.30. The van der Waals surface area contributed by atoms with Crippen LogP contribution in [0.4, 0.5) is 13.2 Å². The third-order valence-electron chi connectivity index (χ3n) is 2.23. The summed E-state index contributed by atoms with van der Waals surface area (Å²) in [7, 11) is 0. The molecule has 1 aromatic carbocycles. The van der Waals surface area contributed by atoms with Gasteiger partial charge in [0.15, 0.2) is 0 Å². The highest BCUT2D eigenvalue weighted by Gasteiger charge is 2.30. The standard InChI is InChI=1S/C13H17F3O3/c1-9(2)18-7-11(17)8-19-12-5-3-4-10(6-12)13(14,15)16/h3-6,9,11,17H,7-8H2,1-2H3/t11-/m1/s1. The van der Waals surface area contributed by atoms with Gasteiger partial charge in [0.05, 0.1) is 18.3 Å². The zero-order valence-electron chi connectivity index (χ0n) is 10.8. The molecule has 0 saturated heterocycles. The Labute approximate surface area is 110 Å². The van der Waals surface area contributed by atoms with E-state index < -0.39 is 17.8 Å². The van der Waals surface area contributed by atoms with Crippen LogP contribution in [0, 0.1) is 0 Å². The van der Waals surface area contributed by atoms with Crippen LogP contribution in [-0.4, -0.2) is 30.5 Å². The van der Waals surface area contributed by atoms with Crippen molar-refractivity contribution in [2.75, 3.05) is 13.2 Å². The predicted molar refractivity (Wildman–Crippen MR) is 64.0 cm³/mol. The number of aliphatic hydroxyl groups is 1. The second kappa shape index (κ2) is 6.77. The Bertz CT molecular complexity index is 391. The summed E-state index contributed by atoms with van der Waals surface area (Å²) in [5.74, 6) is 0.0680. The van der Waals surface area contributed by atoms with Crippen molar-refractivity contribution >= 4 is 0 Å². The highest BCUT2D eigenvalue weighted by atomic mass is 19.4. The van der Waals surface area contributed by atoms with Crippen LogP contribution in [0.2, 0.25) is 0 Å². The molecule has 0 spiro atoms. The van der Waals surface area contributed by atoms with E-state index >= 15 is 0 Å². The third-order valence-corrected chi connectivity index (χ3v) is 2.23. The van der Waals surface area contributed by atoms with Gasteiger partial charge in [-0.1, -0.05) is 6.07 Å². The molecule has 0 bridgehead atoms. The Balaban J connectivity index is 2.49. The lowest BCUT2D eigenvalue weighted by molar-refractivity contribution is -0.137. The first-order chi connectivity index (χ1) is 8.79. The molecule has 0 saturated carbocycles. The monoisotopic (exact) mass is 278 g/mol. The Kier molecular flexibility index (Phi) is 5.62. The van der Waals surface area contributed by atoms with Crippen molar-refractivity contribution in [2.24, 2.45) is 0 Å². The molecular formula is C13H17F3O3. The van der Waals surface area contributed by atoms with Crippen LogP contribution in [0.15, 0.2) is 24.3 Å². The van der Waals surface area contributed by atoms with Gasteiger partial charge in [-0.05, 0) is 32.0 Å². The normalized spacial score (nSPS) is 13.6. The summed E-state index contributed by atoms with van der Waals surface area (Å²) in [6.45, 7) is 3.60. The van der Waals surface area contributed by atoms with E-state index in [0.717, 1.165) is 12.1 Å². The van der Waals surface area contributed by atoms with Gasteiger partial charge in [0.25, 0.3) is 0 Å². The molecule has 1 aromatic rings. The third kappa shape index (κ3) is 5.94. The maximum Gasteiger partial charge on any atom is 0.416 e. The fourth-order valence-electron chi connectivity index (χ4n) is 1.31. The number of halogens is 3. The number of aliphatic hydroxyl groups excluding tert-OH is 1. The number of alkyl halides is 3. The minimum absolute atomic E-state index is 0.0248. The van der Waals surface area contributed by atoms with E-state index in [0.29, 0.717) is 0 Å². The molecule has 1 N–H and O–H groups in total. The minimum atomic E-state index is -4.40. The van der Waals surface area contributed by atoms with E-state index in [4.69, 9.17) is 9.47 Å². The van der Waals surface area contributed by atoms with Crippen LogP contribution in [0.25, 0.3) is 0 Å². The van der Waals surface area contributed by atoms with Gasteiger partial charge >= 0.3 is 6.18 Å². The summed E-state index contributed by atoms with van der Waals surface area (Å²) < 4.78 is 47.6. The van der Waals surface area contributed by atoms with Crippen LogP contribution < -0.4 is 4.74 Å². The number of rotatable bonds is 6. The molecule has 6 heteroatoms. The molecular weight excluding hydrogens is 261 g/mol. The summed E-state index contributed by atoms with van der Waals surface area (Å²) in [4.78, 5) is 0. The number of ether oxygens (including phenoxy) is 2. The Hall–Kier alpha value is -1.27. The van der Waals surface area contributed by atoms with Crippen molar-refractivity contribution in [3.8, 4) is 5.75 Å². The lowest BCUT2D eigenvalue weighted by Gasteiger charge is -2.15. The summed E-state index contributed by atoms with van der Waals surface area (Å²) >= 11 is 0. The molecule has 1 rings (SSSR count). The molecule has 19 heavy (non-hydrogen) atoms. The molecule has 0 unspecified atom stereocenters. The summed E-state index contributed by atoms with van der Waals surface area (Å²) in [5, 5.41) is 9.52. The molecule has 0 fully saturated rings. The average molecular weight is 278 g/mol. The van der Waals surface area contributed by atoms with Crippen LogP contribution in [0.3, 0.4) is 0 Å². The van der Waals surface area contributed by atoms with Crippen molar-refractivity contribution in [2.45, 2.75) is 32.2 Å². The Morgan fingerprint density at radius 2 is 1.89 bits per heavy atom. The van der Waals surface area contributed by atoms with Crippen molar-refractivity contribution in [1.82, 2.24) is 0 Å². The second-order valence-electron chi connectivity index (χ2n) is 4.37. The maximum atomic E-state index is 12.5. The van der Waals surface area contributed by atoms with Gasteiger partial charge in [-0.2, -0.15) is 13.2 Å². The van der Waals surface area contributed by atoms with Gasteiger partial charge in [-0.3, -0.25) is 0 Å². The van der Waals surface area contributed by atoms with Crippen molar-refractivity contribution in [3.05, 3.63) is 29.8 Å². The molecule has 0 aliphatic rings. The van der Waals surface area contributed by atoms with E-state index in [9.17, 15) is 18.3 Å². The predicted octanol–water partition coefficient (Wildman–Crippen LogP) is 2.87. The number of hydrogen-bond donors (Lipinski definition) is 1. The molecule has 3 nitrogen and oxygen atoms in total. The van der Waals surface area contributed by atoms with E-state index in [-0.39, 0.29) is 25.1 Å². The van der Waals surface area contributed by atoms with Gasteiger partial charge in [-0.25, -0.2) is 0 Å². The van der Waals surface area contributed by atoms with Gasteiger partial charge in [-0.15, -0.1) is 0 Å². The lowest BCUT2D eigenvalue weighted by atomic mass is 10.2. The fourth-order valence-corrected chi connectivity index (χ4v) is 1.31. The highest BCUT2D eigenvalue weighted by Crippen LogP contribution is 2.31.